The van der Waals surface area contributed by atoms with Crippen molar-refractivity contribution in [3.05, 3.63) is 42.2 Å². The summed E-state index contributed by atoms with van der Waals surface area (Å²) in [6.07, 6.45) is 1.97. The minimum absolute atomic E-state index is 0.168. The molecule has 8 nitrogen and oxygen atoms in total. The van der Waals surface area contributed by atoms with Gasteiger partial charge in [0.15, 0.2) is 0 Å². The van der Waals surface area contributed by atoms with Gasteiger partial charge in [-0.25, -0.2) is 4.98 Å². The second-order valence-corrected chi connectivity index (χ2v) is 7.39. The molecule has 148 valence electrons. The van der Waals surface area contributed by atoms with Crippen LogP contribution in [0.2, 0.25) is 0 Å². The maximum atomic E-state index is 5.66. The molecule has 1 aliphatic rings. The van der Waals surface area contributed by atoms with Crippen molar-refractivity contribution in [3.8, 4) is 0 Å². The molecule has 1 saturated heterocycles. The average Bonchev–Trinajstić information content (AvgIpc) is 3.29. The van der Waals surface area contributed by atoms with Crippen LogP contribution in [0.3, 0.4) is 0 Å². The fraction of sp³-hybridized carbons (Fsp3) is 0.450. The summed E-state index contributed by atoms with van der Waals surface area (Å²) in [7, 11) is 7.91. The van der Waals surface area contributed by atoms with Gasteiger partial charge in [0.05, 0.1) is 29.9 Å². The molecule has 0 saturated carbocycles. The van der Waals surface area contributed by atoms with E-state index in [0.717, 1.165) is 35.5 Å². The monoisotopic (exact) mass is 381 g/mol. The Morgan fingerprint density at radius 1 is 1.21 bits per heavy atom. The molecule has 1 N–H and O–H groups in total. The first-order valence-electron chi connectivity index (χ1n) is 9.48. The van der Waals surface area contributed by atoms with E-state index in [-0.39, 0.29) is 6.10 Å². The molecule has 28 heavy (non-hydrogen) atoms. The Labute approximate surface area is 165 Å². The Hall–Kier alpha value is -2.71. The van der Waals surface area contributed by atoms with Gasteiger partial charge in [-0.15, -0.1) is 0 Å². The molecule has 1 fully saturated rings. The Morgan fingerprint density at radius 3 is 2.79 bits per heavy atom. The zero-order valence-electron chi connectivity index (χ0n) is 16.8. The van der Waals surface area contributed by atoms with Crippen LogP contribution in [-0.4, -0.2) is 71.1 Å². The number of nitrogens with one attached hydrogen (secondary N) is 1. The van der Waals surface area contributed by atoms with Gasteiger partial charge in [0, 0.05) is 38.8 Å². The largest absolute Gasteiger partial charge is 0.378 e. The second-order valence-electron chi connectivity index (χ2n) is 7.39. The fourth-order valence-corrected chi connectivity index (χ4v) is 3.86. The molecule has 2 atom stereocenters. The van der Waals surface area contributed by atoms with Crippen molar-refractivity contribution in [1.82, 2.24) is 24.6 Å². The highest BCUT2D eigenvalue weighted by Crippen LogP contribution is 2.23. The molecule has 4 rings (SSSR count). The standard InChI is InChI=1S/C20H27N7O/c1-25(2)17-12-27(13-18(17)28-4)19-9-10-21-20(23-19)22-11-15-14-7-5-6-8-16(14)26(3)24-15/h5-10,17-18H,11-13H2,1-4H3,(H,21,22,23)/t17-,18+/m0/s1. The summed E-state index contributed by atoms with van der Waals surface area (Å²) >= 11 is 0. The number of aromatic nitrogens is 4. The normalized spacial score (nSPS) is 19.7. The maximum Gasteiger partial charge on any atom is 0.224 e. The lowest BCUT2D eigenvalue weighted by Gasteiger charge is -2.23. The summed E-state index contributed by atoms with van der Waals surface area (Å²) < 4.78 is 7.57. The van der Waals surface area contributed by atoms with Gasteiger partial charge < -0.3 is 19.9 Å². The van der Waals surface area contributed by atoms with Gasteiger partial charge in [-0.2, -0.15) is 10.1 Å². The fourth-order valence-electron chi connectivity index (χ4n) is 3.86. The van der Waals surface area contributed by atoms with Crippen LogP contribution in [-0.2, 0) is 18.3 Å². The smallest absolute Gasteiger partial charge is 0.224 e. The van der Waals surface area contributed by atoms with E-state index in [1.165, 1.54) is 0 Å². The molecule has 0 spiro atoms. The Bertz CT molecular complexity index is 955. The number of hydrogen-bond donors (Lipinski definition) is 1. The summed E-state index contributed by atoms with van der Waals surface area (Å²) in [4.78, 5) is 13.6. The highest BCUT2D eigenvalue weighted by Gasteiger charge is 2.35. The van der Waals surface area contributed by atoms with Gasteiger partial charge in [0.1, 0.15) is 5.82 Å². The number of likely N-dealkylation sites (N-methyl/N-ethyl adjacent to an activating group) is 1. The third-order valence-electron chi connectivity index (χ3n) is 5.42. The highest BCUT2D eigenvalue weighted by atomic mass is 16.5. The predicted molar refractivity (Wildman–Crippen MR) is 111 cm³/mol. The van der Waals surface area contributed by atoms with Crippen LogP contribution in [0, 0.1) is 0 Å². The molecule has 0 aliphatic carbocycles. The van der Waals surface area contributed by atoms with Crippen LogP contribution in [0.4, 0.5) is 11.8 Å². The minimum atomic E-state index is 0.168. The number of rotatable bonds is 6. The molecule has 2 aromatic heterocycles. The topological polar surface area (TPSA) is 71.3 Å². The van der Waals surface area contributed by atoms with Crippen LogP contribution in [0.15, 0.2) is 36.5 Å². The van der Waals surface area contributed by atoms with Gasteiger partial charge in [0.2, 0.25) is 5.95 Å². The van der Waals surface area contributed by atoms with Crippen molar-refractivity contribution in [3.63, 3.8) is 0 Å². The van der Waals surface area contributed by atoms with Crippen molar-refractivity contribution in [2.24, 2.45) is 7.05 Å². The molecule has 3 heterocycles. The first kappa shape index (κ1) is 18.6. The van der Waals surface area contributed by atoms with E-state index in [1.54, 1.807) is 13.3 Å². The van der Waals surface area contributed by atoms with Crippen LogP contribution in [0.5, 0.6) is 0 Å². The number of fused-ring (bicyclic) bond motifs is 1. The summed E-state index contributed by atoms with van der Waals surface area (Å²) in [6.45, 7) is 2.28. The van der Waals surface area contributed by atoms with Crippen molar-refractivity contribution >= 4 is 22.7 Å². The second kappa shape index (κ2) is 7.73. The Balaban J connectivity index is 1.48. The van der Waals surface area contributed by atoms with Crippen LogP contribution < -0.4 is 10.2 Å². The first-order valence-corrected chi connectivity index (χ1v) is 9.48. The lowest BCUT2D eigenvalue weighted by Crippen LogP contribution is -2.39. The number of anilines is 2. The summed E-state index contributed by atoms with van der Waals surface area (Å²) in [5.74, 6) is 1.52. The molecular formula is C20H27N7O. The molecule has 8 heteroatoms. The van der Waals surface area contributed by atoms with E-state index in [4.69, 9.17) is 9.72 Å². The summed E-state index contributed by atoms with van der Waals surface area (Å²) in [5, 5.41) is 9.09. The lowest BCUT2D eigenvalue weighted by molar-refractivity contribution is 0.0639. The average molecular weight is 381 g/mol. The van der Waals surface area contributed by atoms with E-state index in [1.807, 2.05) is 29.9 Å². The third kappa shape index (κ3) is 3.53. The van der Waals surface area contributed by atoms with Gasteiger partial charge >= 0.3 is 0 Å². The van der Waals surface area contributed by atoms with E-state index >= 15 is 0 Å². The molecule has 0 radical (unpaired) electrons. The van der Waals surface area contributed by atoms with Gasteiger partial charge in [0.25, 0.3) is 0 Å². The Kier molecular flexibility index (Phi) is 5.15. The van der Waals surface area contributed by atoms with E-state index in [2.05, 4.69) is 51.4 Å². The predicted octanol–water partition coefficient (Wildman–Crippen LogP) is 1.74. The number of ether oxygens (including phenoxy) is 1. The van der Waals surface area contributed by atoms with E-state index in [9.17, 15) is 0 Å². The van der Waals surface area contributed by atoms with Crippen molar-refractivity contribution in [1.29, 1.82) is 0 Å². The third-order valence-corrected chi connectivity index (χ3v) is 5.42. The maximum absolute atomic E-state index is 5.66. The summed E-state index contributed by atoms with van der Waals surface area (Å²) in [5.41, 5.74) is 2.10. The number of methoxy groups -OCH3 is 1. The molecule has 1 aromatic carbocycles. The molecule has 0 unspecified atom stereocenters. The van der Waals surface area contributed by atoms with Gasteiger partial charge in [-0.1, -0.05) is 18.2 Å². The number of aryl methyl sites for hydroxylation is 1. The lowest BCUT2D eigenvalue weighted by atomic mass is 10.2. The highest BCUT2D eigenvalue weighted by molar-refractivity contribution is 5.82. The van der Waals surface area contributed by atoms with Crippen molar-refractivity contribution in [2.75, 3.05) is 44.5 Å². The van der Waals surface area contributed by atoms with E-state index in [0.29, 0.717) is 18.5 Å². The number of hydrogen-bond acceptors (Lipinski definition) is 7. The molecule has 1 aliphatic heterocycles. The summed E-state index contributed by atoms with van der Waals surface area (Å²) in [6, 6.07) is 10.5. The van der Waals surface area contributed by atoms with Gasteiger partial charge in [-0.05, 0) is 26.2 Å². The minimum Gasteiger partial charge on any atom is -0.378 e. The van der Waals surface area contributed by atoms with Crippen molar-refractivity contribution in [2.45, 2.75) is 18.7 Å². The zero-order chi connectivity index (χ0) is 19.7. The number of para-hydroxylation sites is 1. The van der Waals surface area contributed by atoms with Crippen LogP contribution in [0.1, 0.15) is 5.69 Å². The SMILES string of the molecule is CO[C@@H]1CN(c2ccnc(NCc3nn(C)c4ccccc34)n2)C[C@@H]1N(C)C. The molecule has 3 aromatic rings. The molecular weight excluding hydrogens is 354 g/mol. The quantitative estimate of drug-likeness (QED) is 0.697. The molecule has 0 bridgehead atoms. The van der Waals surface area contributed by atoms with Crippen molar-refractivity contribution < 1.29 is 4.74 Å². The van der Waals surface area contributed by atoms with Gasteiger partial charge in [-0.3, -0.25) is 4.68 Å². The zero-order valence-corrected chi connectivity index (χ0v) is 16.8. The Morgan fingerprint density at radius 2 is 2.04 bits per heavy atom. The number of benzene rings is 1. The van der Waals surface area contributed by atoms with Crippen LogP contribution in [0.25, 0.3) is 10.9 Å². The van der Waals surface area contributed by atoms with E-state index < -0.39 is 0 Å². The number of nitrogens with zero attached hydrogens (tertiary/aromatic N) is 6. The molecule has 0 amide bonds. The van der Waals surface area contributed by atoms with Crippen LogP contribution >= 0.6 is 0 Å². The first-order chi connectivity index (χ1) is 13.6.